The maximum atomic E-state index is 13.0. The van der Waals surface area contributed by atoms with Crippen molar-refractivity contribution in [3.05, 3.63) is 59.2 Å². The quantitative estimate of drug-likeness (QED) is 0.818. The Morgan fingerprint density at radius 2 is 1.81 bits per heavy atom. The van der Waals surface area contributed by atoms with Gasteiger partial charge in [-0.25, -0.2) is 8.78 Å². The molecule has 2 aromatic rings. The highest BCUT2D eigenvalue weighted by atomic mass is 32.2. The third kappa shape index (κ3) is 3.17. The molecule has 0 aliphatic carbocycles. The number of nitrogens with zero attached hydrogens (tertiary/aromatic N) is 1. The van der Waals surface area contributed by atoms with Crippen LogP contribution in [0.5, 0.6) is 5.75 Å². The van der Waals surface area contributed by atoms with Crippen molar-refractivity contribution in [2.75, 3.05) is 0 Å². The Labute approximate surface area is 120 Å². The van der Waals surface area contributed by atoms with E-state index >= 15 is 0 Å². The van der Waals surface area contributed by atoms with Gasteiger partial charge in [-0.3, -0.25) is 0 Å². The third-order valence-corrected chi connectivity index (χ3v) is 4.08. The van der Waals surface area contributed by atoms with Crippen LogP contribution in [0.25, 0.3) is 0 Å². The summed E-state index contributed by atoms with van der Waals surface area (Å²) in [5.41, 5.74) is 0.621. The molecule has 0 heterocycles. The second-order valence-corrected chi connectivity index (χ2v) is 5.72. The lowest BCUT2D eigenvalue weighted by atomic mass is 10.2. The molecule has 0 saturated carbocycles. The van der Waals surface area contributed by atoms with Crippen LogP contribution in [-0.4, -0.2) is 8.42 Å². The highest BCUT2D eigenvalue weighted by molar-refractivity contribution is 7.87. The van der Waals surface area contributed by atoms with Gasteiger partial charge in [0.05, 0.1) is 11.6 Å². The first-order chi connectivity index (χ1) is 9.83. The Morgan fingerprint density at radius 1 is 1.10 bits per heavy atom. The van der Waals surface area contributed by atoms with Crippen LogP contribution in [-0.2, 0) is 10.1 Å². The van der Waals surface area contributed by atoms with E-state index < -0.39 is 21.8 Å². The topological polar surface area (TPSA) is 67.2 Å². The normalized spacial score (nSPS) is 11.0. The Kier molecular flexibility index (Phi) is 3.91. The van der Waals surface area contributed by atoms with Crippen molar-refractivity contribution >= 4 is 10.1 Å². The fourth-order valence-corrected chi connectivity index (χ4v) is 2.83. The number of hydrogen-bond donors (Lipinski definition) is 0. The molecule has 2 aromatic carbocycles. The zero-order chi connectivity index (χ0) is 15.6. The predicted molar refractivity (Wildman–Crippen MR) is 70.1 cm³/mol. The Bertz CT molecular complexity index is 842. The van der Waals surface area contributed by atoms with Gasteiger partial charge in [0.15, 0.2) is 11.6 Å². The molecule has 0 saturated heterocycles. The van der Waals surface area contributed by atoms with E-state index in [4.69, 9.17) is 9.44 Å². The van der Waals surface area contributed by atoms with Gasteiger partial charge >= 0.3 is 10.1 Å². The van der Waals surface area contributed by atoms with E-state index in [0.717, 1.165) is 12.1 Å². The lowest BCUT2D eigenvalue weighted by molar-refractivity contribution is 0.471. The van der Waals surface area contributed by atoms with Crippen LogP contribution >= 0.6 is 0 Å². The highest BCUT2D eigenvalue weighted by Gasteiger charge is 2.20. The smallest absolute Gasteiger partial charge is 0.339 e. The molecule has 0 atom stereocenters. The lowest BCUT2D eigenvalue weighted by Gasteiger charge is -2.09. The molecular weight excluding hydrogens is 300 g/mol. The van der Waals surface area contributed by atoms with Crippen molar-refractivity contribution < 1.29 is 21.4 Å². The summed E-state index contributed by atoms with van der Waals surface area (Å²) >= 11 is 0. The van der Waals surface area contributed by atoms with Crippen LogP contribution in [0.1, 0.15) is 11.1 Å². The van der Waals surface area contributed by atoms with E-state index in [0.29, 0.717) is 17.2 Å². The first-order valence-electron chi connectivity index (χ1n) is 5.74. The molecule has 0 spiro atoms. The number of hydrogen-bond acceptors (Lipinski definition) is 4. The SMILES string of the molecule is Cc1cc(C#N)ccc1S(=O)(=O)Oc1ccc(F)c(F)c1. The fraction of sp³-hybridized carbons (Fsp3) is 0.0714. The standard InChI is InChI=1S/C14H9F2NO3S/c1-9-6-10(8-17)2-5-14(9)21(18,19)20-11-3-4-12(15)13(16)7-11/h2-7H,1H3. The van der Waals surface area contributed by atoms with E-state index in [1.165, 1.54) is 25.1 Å². The van der Waals surface area contributed by atoms with Crippen LogP contribution < -0.4 is 4.18 Å². The van der Waals surface area contributed by atoms with Crippen LogP contribution in [0.2, 0.25) is 0 Å². The van der Waals surface area contributed by atoms with Crippen molar-refractivity contribution in [1.29, 1.82) is 5.26 Å². The molecule has 0 amide bonds. The van der Waals surface area contributed by atoms with Crippen LogP contribution in [0.15, 0.2) is 41.3 Å². The van der Waals surface area contributed by atoms with Crippen LogP contribution in [0.3, 0.4) is 0 Å². The number of nitriles is 1. The monoisotopic (exact) mass is 309 g/mol. The molecule has 0 unspecified atom stereocenters. The summed E-state index contributed by atoms with van der Waals surface area (Å²) < 4.78 is 54.8. The van der Waals surface area contributed by atoms with Gasteiger partial charge in [-0.1, -0.05) is 0 Å². The minimum absolute atomic E-state index is 0.147. The van der Waals surface area contributed by atoms with Crippen LogP contribution in [0.4, 0.5) is 8.78 Å². The van der Waals surface area contributed by atoms with Crippen molar-refractivity contribution in [3.63, 3.8) is 0 Å². The Morgan fingerprint density at radius 3 is 2.38 bits per heavy atom. The molecule has 0 bridgehead atoms. The summed E-state index contributed by atoms with van der Waals surface area (Å²) in [6, 6.07) is 8.25. The van der Waals surface area contributed by atoms with Crippen molar-refractivity contribution in [1.82, 2.24) is 0 Å². The Balaban J connectivity index is 2.38. The van der Waals surface area contributed by atoms with E-state index in [9.17, 15) is 17.2 Å². The van der Waals surface area contributed by atoms with Crippen molar-refractivity contribution in [2.24, 2.45) is 0 Å². The molecule has 0 N–H and O–H groups in total. The van der Waals surface area contributed by atoms with Gasteiger partial charge in [-0.05, 0) is 42.8 Å². The molecular formula is C14H9F2NO3S. The molecule has 0 aliphatic heterocycles. The summed E-state index contributed by atoms with van der Waals surface area (Å²) in [7, 11) is -4.20. The lowest BCUT2D eigenvalue weighted by Crippen LogP contribution is -2.11. The average molecular weight is 309 g/mol. The summed E-state index contributed by atoms with van der Waals surface area (Å²) in [5.74, 6) is -2.65. The maximum Gasteiger partial charge on any atom is 0.339 e. The van der Waals surface area contributed by atoms with E-state index in [2.05, 4.69) is 0 Å². The largest absolute Gasteiger partial charge is 0.379 e. The zero-order valence-corrected chi connectivity index (χ0v) is 11.6. The summed E-state index contributed by atoms with van der Waals surface area (Å²) in [6.45, 7) is 1.50. The molecule has 0 radical (unpaired) electrons. The summed E-state index contributed by atoms with van der Waals surface area (Å²) in [6.07, 6.45) is 0. The molecule has 2 rings (SSSR count). The average Bonchev–Trinajstić information content (AvgIpc) is 2.42. The second-order valence-electron chi connectivity index (χ2n) is 4.21. The van der Waals surface area contributed by atoms with E-state index in [-0.39, 0.29) is 10.6 Å². The van der Waals surface area contributed by atoms with Gasteiger partial charge in [0.1, 0.15) is 10.6 Å². The number of halogens is 2. The zero-order valence-electron chi connectivity index (χ0n) is 10.8. The second kappa shape index (κ2) is 5.50. The maximum absolute atomic E-state index is 13.0. The van der Waals surface area contributed by atoms with Crippen LogP contribution in [0, 0.1) is 29.9 Å². The molecule has 108 valence electrons. The van der Waals surface area contributed by atoms with Gasteiger partial charge in [-0.2, -0.15) is 13.7 Å². The number of benzene rings is 2. The fourth-order valence-electron chi connectivity index (χ4n) is 1.70. The van der Waals surface area contributed by atoms with Gasteiger partial charge in [0.2, 0.25) is 0 Å². The molecule has 0 fully saturated rings. The van der Waals surface area contributed by atoms with E-state index in [1.807, 2.05) is 6.07 Å². The van der Waals surface area contributed by atoms with E-state index in [1.54, 1.807) is 0 Å². The third-order valence-electron chi connectivity index (χ3n) is 2.67. The summed E-state index contributed by atoms with van der Waals surface area (Å²) in [5, 5.41) is 8.74. The summed E-state index contributed by atoms with van der Waals surface area (Å²) in [4.78, 5) is -0.147. The number of aryl methyl sites for hydroxylation is 1. The Hall–Kier alpha value is -2.46. The minimum Gasteiger partial charge on any atom is -0.379 e. The first kappa shape index (κ1) is 14.9. The molecule has 0 aliphatic rings. The molecule has 0 aromatic heterocycles. The van der Waals surface area contributed by atoms with Gasteiger partial charge in [0, 0.05) is 6.07 Å². The number of rotatable bonds is 3. The van der Waals surface area contributed by atoms with Gasteiger partial charge in [0.25, 0.3) is 0 Å². The highest BCUT2D eigenvalue weighted by Crippen LogP contribution is 2.23. The minimum atomic E-state index is -4.20. The van der Waals surface area contributed by atoms with Crippen molar-refractivity contribution in [2.45, 2.75) is 11.8 Å². The molecule has 7 heteroatoms. The first-order valence-corrected chi connectivity index (χ1v) is 7.14. The van der Waals surface area contributed by atoms with Gasteiger partial charge in [-0.15, -0.1) is 0 Å². The molecule has 4 nitrogen and oxygen atoms in total. The predicted octanol–water partition coefficient (Wildman–Crippen LogP) is 2.91. The molecule has 21 heavy (non-hydrogen) atoms. The van der Waals surface area contributed by atoms with Crippen molar-refractivity contribution in [3.8, 4) is 11.8 Å². The van der Waals surface area contributed by atoms with Gasteiger partial charge < -0.3 is 4.18 Å².